The molecule has 0 atom stereocenters. The lowest BCUT2D eigenvalue weighted by Gasteiger charge is -2.10. The van der Waals surface area contributed by atoms with Crippen molar-refractivity contribution in [2.45, 2.75) is 38.3 Å². The first-order chi connectivity index (χ1) is 9.24. The lowest BCUT2D eigenvalue weighted by molar-refractivity contribution is -0.122. The molecule has 7 nitrogen and oxygen atoms in total. The number of hydrogen-bond donors (Lipinski definition) is 1. The molecule has 0 unspecified atom stereocenters. The van der Waals surface area contributed by atoms with Crippen molar-refractivity contribution in [3.8, 4) is 0 Å². The highest BCUT2D eigenvalue weighted by Crippen LogP contribution is 2.17. The summed E-state index contributed by atoms with van der Waals surface area (Å²) in [6.45, 7) is -0.0569. The standard InChI is InChI=1S/C12H15N5O2/c18-10(14-9-4-1-2-5-9)8-17-12(19)16-7-3-6-13-11(16)15-17/h3,6-7,9H,1-2,4-5,8H2,(H,14,18). The summed E-state index contributed by atoms with van der Waals surface area (Å²) in [6, 6.07) is 1.90. The summed E-state index contributed by atoms with van der Waals surface area (Å²) in [7, 11) is 0. The number of carbonyl (C=O) groups is 1. The van der Waals surface area contributed by atoms with Crippen LogP contribution in [0.5, 0.6) is 0 Å². The quantitative estimate of drug-likeness (QED) is 0.840. The zero-order valence-corrected chi connectivity index (χ0v) is 10.5. The summed E-state index contributed by atoms with van der Waals surface area (Å²) in [4.78, 5) is 27.8. The van der Waals surface area contributed by atoms with Gasteiger partial charge in [0.15, 0.2) is 0 Å². The Kier molecular flexibility index (Phi) is 3.02. The average Bonchev–Trinajstić information content (AvgIpc) is 3.00. The van der Waals surface area contributed by atoms with Crippen LogP contribution in [0.15, 0.2) is 23.3 Å². The Labute approximate surface area is 109 Å². The number of aromatic nitrogens is 4. The first kappa shape index (κ1) is 11.9. The minimum Gasteiger partial charge on any atom is -0.352 e. The van der Waals surface area contributed by atoms with E-state index in [1.165, 1.54) is 4.40 Å². The zero-order valence-electron chi connectivity index (χ0n) is 10.5. The van der Waals surface area contributed by atoms with Crippen LogP contribution in [0.2, 0.25) is 0 Å². The van der Waals surface area contributed by atoms with Crippen LogP contribution in [-0.4, -0.2) is 31.1 Å². The molecule has 2 heterocycles. The molecule has 2 aromatic rings. The van der Waals surface area contributed by atoms with Gasteiger partial charge in [-0.15, -0.1) is 5.10 Å². The third-order valence-electron chi connectivity index (χ3n) is 3.38. The molecule has 1 N–H and O–H groups in total. The highest BCUT2D eigenvalue weighted by Gasteiger charge is 2.18. The SMILES string of the molecule is O=C(Cn1nc2ncccn2c1=O)NC1CCCC1. The van der Waals surface area contributed by atoms with E-state index in [1.54, 1.807) is 18.5 Å². The largest absolute Gasteiger partial charge is 0.352 e. The minimum absolute atomic E-state index is 0.0569. The van der Waals surface area contributed by atoms with Gasteiger partial charge in [0.1, 0.15) is 6.54 Å². The predicted molar refractivity (Wildman–Crippen MR) is 67.6 cm³/mol. The van der Waals surface area contributed by atoms with E-state index in [4.69, 9.17) is 0 Å². The Hall–Kier alpha value is -2.18. The number of carbonyl (C=O) groups excluding carboxylic acids is 1. The van der Waals surface area contributed by atoms with E-state index in [1.807, 2.05) is 0 Å². The normalized spacial score (nSPS) is 16.0. The molecule has 0 spiro atoms. The lowest BCUT2D eigenvalue weighted by atomic mass is 10.2. The summed E-state index contributed by atoms with van der Waals surface area (Å²) in [6.07, 6.45) is 7.50. The smallest absolute Gasteiger partial charge is 0.352 e. The van der Waals surface area contributed by atoms with Crippen LogP contribution in [0.3, 0.4) is 0 Å². The Morgan fingerprint density at radius 2 is 2.21 bits per heavy atom. The van der Waals surface area contributed by atoms with Crippen LogP contribution in [0.1, 0.15) is 25.7 Å². The van der Waals surface area contributed by atoms with Gasteiger partial charge < -0.3 is 5.32 Å². The third kappa shape index (κ3) is 2.35. The van der Waals surface area contributed by atoms with Gasteiger partial charge in [-0.1, -0.05) is 12.8 Å². The summed E-state index contributed by atoms with van der Waals surface area (Å²) < 4.78 is 2.47. The van der Waals surface area contributed by atoms with Gasteiger partial charge in [-0.25, -0.2) is 18.9 Å². The fourth-order valence-corrected chi connectivity index (χ4v) is 2.44. The molecule has 1 aliphatic rings. The molecule has 2 aromatic heterocycles. The molecule has 0 aliphatic heterocycles. The van der Waals surface area contributed by atoms with Crippen molar-refractivity contribution >= 4 is 11.7 Å². The number of fused-ring (bicyclic) bond motifs is 1. The van der Waals surface area contributed by atoms with Crippen LogP contribution < -0.4 is 11.0 Å². The zero-order chi connectivity index (χ0) is 13.2. The molecule has 1 fully saturated rings. The third-order valence-corrected chi connectivity index (χ3v) is 3.38. The van der Waals surface area contributed by atoms with Crippen molar-refractivity contribution in [2.75, 3.05) is 0 Å². The van der Waals surface area contributed by atoms with Crippen molar-refractivity contribution in [1.29, 1.82) is 0 Å². The van der Waals surface area contributed by atoms with Gasteiger partial charge in [-0.2, -0.15) is 0 Å². The van der Waals surface area contributed by atoms with E-state index < -0.39 is 0 Å². The van der Waals surface area contributed by atoms with Crippen molar-refractivity contribution in [3.63, 3.8) is 0 Å². The monoisotopic (exact) mass is 261 g/mol. The number of amides is 1. The molecule has 7 heteroatoms. The van der Waals surface area contributed by atoms with E-state index in [-0.39, 0.29) is 24.2 Å². The second kappa shape index (κ2) is 4.83. The molecule has 1 aliphatic carbocycles. The van der Waals surface area contributed by atoms with Crippen LogP contribution >= 0.6 is 0 Å². The molecule has 19 heavy (non-hydrogen) atoms. The Morgan fingerprint density at radius 1 is 1.42 bits per heavy atom. The minimum atomic E-state index is -0.343. The van der Waals surface area contributed by atoms with Gasteiger partial charge in [0.05, 0.1) is 0 Å². The molecule has 3 rings (SSSR count). The Bertz CT molecular complexity index is 653. The van der Waals surface area contributed by atoms with Crippen LogP contribution in [0, 0.1) is 0 Å². The molecule has 1 amide bonds. The van der Waals surface area contributed by atoms with Gasteiger partial charge in [-0.3, -0.25) is 4.79 Å². The Morgan fingerprint density at radius 3 is 2.95 bits per heavy atom. The van der Waals surface area contributed by atoms with Crippen LogP contribution in [0.4, 0.5) is 0 Å². The molecule has 0 saturated heterocycles. The first-order valence-electron chi connectivity index (χ1n) is 6.43. The Balaban J connectivity index is 1.75. The molecular formula is C12H15N5O2. The van der Waals surface area contributed by atoms with Gasteiger partial charge >= 0.3 is 5.69 Å². The second-order valence-electron chi connectivity index (χ2n) is 4.78. The number of nitrogens with zero attached hydrogens (tertiary/aromatic N) is 4. The van der Waals surface area contributed by atoms with E-state index >= 15 is 0 Å². The predicted octanol–water partition coefficient (Wildman–Crippen LogP) is -0.0502. The molecule has 0 radical (unpaired) electrons. The summed E-state index contributed by atoms with van der Waals surface area (Å²) in [5.41, 5.74) is -0.343. The highest BCUT2D eigenvalue weighted by atomic mass is 16.2. The maximum atomic E-state index is 11.9. The number of hydrogen-bond acceptors (Lipinski definition) is 4. The van der Waals surface area contributed by atoms with E-state index in [0.29, 0.717) is 5.78 Å². The second-order valence-corrected chi connectivity index (χ2v) is 4.78. The molecule has 1 saturated carbocycles. The van der Waals surface area contributed by atoms with Gasteiger partial charge in [0.25, 0.3) is 5.78 Å². The number of nitrogens with one attached hydrogen (secondary N) is 1. The fourth-order valence-electron chi connectivity index (χ4n) is 2.44. The highest BCUT2D eigenvalue weighted by molar-refractivity contribution is 5.76. The first-order valence-corrected chi connectivity index (χ1v) is 6.43. The fraction of sp³-hybridized carbons (Fsp3) is 0.500. The van der Waals surface area contributed by atoms with E-state index in [0.717, 1.165) is 30.4 Å². The van der Waals surface area contributed by atoms with Crippen molar-refractivity contribution < 1.29 is 4.79 Å². The van der Waals surface area contributed by atoms with Gasteiger partial charge in [0.2, 0.25) is 5.91 Å². The van der Waals surface area contributed by atoms with Crippen molar-refractivity contribution in [1.82, 2.24) is 24.5 Å². The summed E-state index contributed by atoms with van der Waals surface area (Å²) in [5.74, 6) is 0.138. The molecular weight excluding hydrogens is 246 g/mol. The molecule has 0 bridgehead atoms. The van der Waals surface area contributed by atoms with Crippen LogP contribution in [0.25, 0.3) is 5.78 Å². The summed E-state index contributed by atoms with van der Waals surface area (Å²) in [5, 5.41) is 6.95. The molecule has 100 valence electrons. The van der Waals surface area contributed by atoms with Crippen molar-refractivity contribution in [3.05, 3.63) is 28.9 Å². The topological polar surface area (TPSA) is 81.3 Å². The van der Waals surface area contributed by atoms with E-state index in [9.17, 15) is 9.59 Å². The van der Waals surface area contributed by atoms with Gasteiger partial charge in [0, 0.05) is 18.4 Å². The van der Waals surface area contributed by atoms with Crippen LogP contribution in [-0.2, 0) is 11.3 Å². The number of rotatable bonds is 3. The van der Waals surface area contributed by atoms with E-state index in [2.05, 4.69) is 15.4 Å². The maximum absolute atomic E-state index is 11.9. The summed E-state index contributed by atoms with van der Waals surface area (Å²) >= 11 is 0. The van der Waals surface area contributed by atoms with Gasteiger partial charge in [-0.05, 0) is 18.9 Å². The maximum Gasteiger partial charge on any atom is 0.352 e. The van der Waals surface area contributed by atoms with Crippen molar-refractivity contribution in [2.24, 2.45) is 0 Å². The average molecular weight is 261 g/mol. The lowest BCUT2D eigenvalue weighted by Crippen LogP contribution is -2.37. The molecule has 0 aromatic carbocycles.